The zero-order chi connectivity index (χ0) is 9.30. The Hall–Kier alpha value is -0.120. The van der Waals surface area contributed by atoms with Crippen LogP contribution in [0.5, 0.6) is 0 Å². The van der Waals surface area contributed by atoms with Gasteiger partial charge in [-0.15, -0.1) is 0 Å². The lowest BCUT2D eigenvalue weighted by molar-refractivity contribution is 0.198. The highest BCUT2D eigenvalue weighted by molar-refractivity contribution is 9.10. The lowest BCUT2D eigenvalue weighted by Gasteiger charge is -2.06. The molecule has 0 bridgehead atoms. The van der Waals surface area contributed by atoms with Crippen molar-refractivity contribution >= 4 is 27.5 Å². The molecule has 1 aromatic carbocycles. The van der Waals surface area contributed by atoms with Crippen LogP contribution < -0.4 is 0 Å². The lowest BCUT2D eigenvalue weighted by atomic mass is 10.1. The molecule has 1 aromatic rings. The molecule has 1 nitrogen and oxygen atoms in total. The van der Waals surface area contributed by atoms with Gasteiger partial charge in [-0.1, -0.05) is 11.6 Å². The van der Waals surface area contributed by atoms with Gasteiger partial charge in [0.15, 0.2) is 0 Å². The summed E-state index contributed by atoms with van der Waals surface area (Å²) in [4.78, 5) is 0. The highest BCUT2D eigenvalue weighted by Gasteiger charge is 2.09. The maximum Gasteiger partial charge on any atom is 0.143 e. The van der Waals surface area contributed by atoms with E-state index in [1.165, 1.54) is 6.07 Å². The largest absolute Gasteiger partial charge is 0.389 e. The minimum absolute atomic E-state index is 0.0411. The number of hydrogen-bond donors (Lipinski definition) is 1. The molecule has 1 atom stereocenters. The third-order valence-corrected chi connectivity index (χ3v) is 2.73. The first kappa shape index (κ1) is 9.96. The Balaban J connectivity index is 3.21. The maximum absolute atomic E-state index is 12.9. The van der Waals surface area contributed by atoms with Crippen molar-refractivity contribution in [3.05, 3.63) is 33.0 Å². The van der Waals surface area contributed by atoms with Crippen LogP contribution in [-0.4, -0.2) is 5.11 Å². The van der Waals surface area contributed by atoms with E-state index in [2.05, 4.69) is 15.9 Å². The Bertz CT molecular complexity index is 278. The summed E-state index contributed by atoms with van der Waals surface area (Å²) in [6.45, 7) is 1.56. The molecule has 0 spiro atoms. The Morgan fingerprint density at radius 1 is 1.58 bits per heavy atom. The van der Waals surface area contributed by atoms with Crippen LogP contribution in [0.4, 0.5) is 4.39 Å². The molecule has 0 saturated heterocycles. The minimum Gasteiger partial charge on any atom is -0.389 e. The van der Waals surface area contributed by atoms with Gasteiger partial charge in [0.25, 0.3) is 0 Å². The second-order valence-corrected chi connectivity index (χ2v) is 3.71. The van der Waals surface area contributed by atoms with Gasteiger partial charge in [-0.3, -0.25) is 0 Å². The minimum atomic E-state index is -0.687. The third kappa shape index (κ3) is 1.97. The Morgan fingerprint density at radius 2 is 2.17 bits per heavy atom. The number of aliphatic hydroxyl groups excluding tert-OH is 1. The SMILES string of the molecule is CC(O)c1cc(F)c(Cl)c(Br)c1. The summed E-state index contributed by atoms with van der Waals surface area (Å²) in [5, 5.41) is 9.17. The monoisotopic (exact) mass is 252 g/mol. The Morgan fingerprint density at radius 3 is 2.58 bits per heavy atom. The molecule has 0 fully saturated rings. The smallest absolute Gasteiger partial charge is 0.143 e. The van der Waals surface area contributed by atoms with E-state index in [0.717, 1.165) is 0 Å². The van der Waals surface area contributed by atoms with E-state index < -0.39 is 11.9 Å². The molecule has 4 heteroatoms. The molecule has 12 heavy (non-hydrogen) atoms. The summed E-state index contributed by atoms with van der Waals surface area (Å²) in [6.07, 6.45) is -0.687. The van der Waals surface area contributed by atoms with Crippen LogP contribution in [0.25, 0.3) is 0 Å². The van der Waals surface area contributed by atoms with E-state index in [-0.39, 0.29) is 5.02 Å². The number of aliphatic hydroxyl groups is 1. The molecular weight excluding hydrogens is 246 g/mol. The second kappa shape index (κ2) is 3.73. The van der Waals surface area contributed by atoms with Crippen LogP contribution in [0, 0.1) is 5.82 Å². The van der Waals surface area contributed by atoms with Crippen molar-refractivity contribution in [2.45, 2.75) is 13.0 Å². The zero-order valence-electron chi connectivity index (χ0n) is 6.31. The van der Waals surface area contributed by atoms with Gasteiger partial charge < -0.3 is 5.11 Å². The van der Waals surface area contributed by atoms with E-state index in [1.54, 1.807) is 13.0 Å². The lowest BCUT2D eigenvalue weighted by Crippen LogP contribution is -1.92. The number of rotatable bonds is 1. The summed E-state index contributed by atoms with van der Waals surface area (Å²) >= 11 is 8.63. The van der Waals surface area contributed by atoms with Crippen LogP contribution >= 0.6 is 27.5 Å². The normalized spacial score (nSPS) is 13.1. The van der Waals surface area contributed by atoms with Crippen LogP contribution in [0.3, 0.4) is 0 Å². The fourth-order valence-corrected chi connectivity index (χ4v) is 1.38. The molecule has 66 valence electrons. The second-order valence-electron chi connectivity index (χ2n) is 2.47. The molecule has 0 aliphatic carbocycles. The molecule has 1 rings (SSSR count). The fourth-order valence-electron chi connectivity index (χ4n) is 0.816. The average Bonchev–Trinajstić information content (AvgIpc) is 1.99. The molecule has 0 heterocycles. The Labute approximate surface area is 83.3 Å². The number of hydrogen-bond acceptors (Lipinski definition) is 1. The zero-order valence-corrected chi connectivity index (χ0v) is 8.66. The van der Waals surface area contributed by atoms with Crippen molar-refractivity contribution in [2.24, 2.45) is 0 Å². The summed E-state index contributed by atoms with van der Waals surface area (Å²) in [5.74, 6) is -0.526. The molecule has 1 unspecified atom stereocenters. The molecule has 0 saturated carbocycles. The molecular formula is C8H7BrClFO. The molecule has 0 aromatic heterocycles. The summed E-state index contributed by atoms with van der Waals surface area (Å²) in [5.41, 5.74) is 0.503. The summed E-state index contributed by atoms with van der Waals surface area (Å²) < 4.78 is 13.4. The van der Waals surface area contributed by atoms with Crippen molar-refractivity contribution in [1.82, 2.24) is 0 Å². The third-order valence-electron chi connectivity index (χ3n) is 1.49. The van der Waals surface area contributed by atoms with Crippen molar-refractivity contribution in [3.8, 4) is 0 Å². The Kier molecular flexibility index (Phi) is 3.09. The first-order valence-corrected chi connectivity index (χ1v) is 4.52. The highest BCUT2D eigenvalue weighted by Crippen LogP contribution is 2.28. The summed E-state index contributed by atoms with van der Waals surface area (Å²) in [6, 6.07) is 2.81. The number of benzene rings is 1. The van der Waals surface area contributed by atoms with Gasteiger partial charge in [-0.25, -0.2) is 4.39 Å². The molecule has 0 aliphatic rings. The van der Waals surface area contributed by atoms with Crippen molar-refractivity contribution in [1.29, 1.82) is 0 Å². The van der Waals surface area contributed by atoms with Gasteiger partial charge in [0.05, 0.1) is 11.1 Å². The highest BCUT2D eigenvalue weighted by atomic mass is 79.9. The van der Waals surface area contributed by atoms with E-state index in [0.29, 0.717) is 10.0 Å². The molecule has 1 N–H and O–H groups in total. The van der Waals surface area contributed by atoms with E-state index >= 15 is 0 Å². The van der Waals surface area contributed by atoms with E-state index in [4.69, 9.17) is 16.7 Å². The first-order chi connectivity index (χ1) is 5.52. The van der Waals surface area contributed by atoms with Crippen LogP contribution in [0.1, 0.15) is 18.6 Å². The van der Waals surface area contributed by atoms with Crippen molar-refractivity contribution in [2.75, 3.05) is 0 Å². The van der Waals surface area contributed by atoms with Gasteiger partial charge in [-0.05, 0) is 40.5 Å². The number of halogens is 3. The standard InChI is InChI=1S/C8H7BrClFO/c1-4(12)5-2-6(9)8(10)7(11)3-5/h2-4,12H,1H3. The van der Waals surface area contributed by atoms with Gasteiger partial charge >= 0.3 is 0 Å². The fraction of sp³-hybridized carbons (Fsp3) is 0.250. The van der Waals surface area contributed by atoms with Crippen LogP contribution in [0.15, 0.2) is 16.6 Å². The first-order valence-electron chi connectivity index (χ1n) is 3.35. The van der Waals surface area contributed by atoms with Crippen LogP contribution in [0.2, 0.25) is 5.02 Å². The summed E-state index contributed by atoms with van der Waals surface area (Å²) in [7, 11) is 0. The molecule has 0 amide bonds. The van der Waals surface area contributed by atoms with Gasteiger partial charge in [0.2, 0.25) is 0 Å². The van der Waals surface area contributed by atoms with Crippen molar-refractivity contribution in [3.63, 3.8) is 0 Å². The maximum atomic E-state index is 12.9. The van der Waals surface area contributed by atoms with E-state index in [1.807, 2.05) is 0 Å². The average molecular weight is 253 g/mol. The predicted octanol–water partition coefficient (Wildman–Crippen LogP) is 3.29. The topological polar surface area (TPSA) is 20.2 Å². The van der Waals surface area contributed by atoms with E-state index in [9.17, 15) is 4.39 Å². The molecule has 0 aliphatic heterocycles. The van der Waals surface area contributed by atoms with Gasteiger partial charge in [0.1, 0.15) is 5.82 Å². The van der Waals surface area contributed by atoms with Crippen LogP contribution in [-0.2, 0) is 0 Å². The molecule has 0 radical (unpaired) electrons. The van der Waals surface area contributed by atoms with Gasteiger partial charge in [0, 0.05) is 4.47 Å². The van der Waals surface area contributed by atoms with Gasteiger partial charge in [-0.2, -0.15) is 0 Å². The quantitative estimate of drug-likeness (QED) is 0.762. The van der Waals surface area contributed by atoms with Crippen molar-refractivity contribution < 1.29 is 9.50 Å². The predicted molar refractivity (Wildman–Crippen MR) is 49.7 cm³/mol.